The first-order chi connectivity index (χ1) is 8.29. The Bertz CT molecular complexity index is 498. The molecule has 0 saturated carbocycles. The standard InChI is InChI=1S/C11H9ClN2O2S/c12-9-4-2-8(3-5-9)10-13-14-11(16-10)17-7-1-6-15/h2-6H,1,7H2. The first-order valence-corrected chi connectivity index (χ1v) is 6.32. The van der Waals surface area contributed by atoms with E-state index in [4.69, 9.17) is 16.0 Å². The quantitative estimate of drug-likeness (QED) is 0.474. The molecule has 0 bridgehead atoms. The fourth-order valence-electron chi connectivity index (χ4n) is 1.17. The number of nitrogens with zero attached hydrogens (tertiary/aromatic N) is 2. The minimum atomic E-state index is 0.454. The summed E-state index contributed by atoms with van der Waals surface area (Å²) in [6, 6.07) is 7.16. The molecule has 0 aliphatic heterocycles. The molecule has 4 nitrogen and oxygen atoms in total. The highest BCUT2D eigenvalue weighted by molar-refractivity contribution is 7.99. The summed E-state index contributed by atoms with van der Waals surface area (Å²) >= 11 is 7.15. The van der Waals surface area contributed by atoms with Gasteiger partial charge < -0.3 is 9.21 Å². The molecular formula is C11H9ClN2O2S. The van der Waals surface area contributed by atoms with Crippen molar-refractivity contribution >= 4 is 29.6 Å². The number of halogens is 1. The van der Waals surface area contributed by atoms with E-state index in [9.17, 15) is 4.79 Å². The van der Waals surface area contributed by atoms with Crippen LogP contribution in [0.2, 0.25) is 5.02 Å². The van der Waals surface area contributed by atoms with E-state index in [1.54, 1.807) is 12.1 Å². The number of aromatic nitrogens is 2. The Morgan fingerprint density at radius 1 is 1.29 bits per heavy atom. The van der Waals surface area contributed by atoms with E-state index in [1.165, 1.54) is 11.8 Å². The third kappa shape index (κ3) is 3.31. The SMILES string of the molecule is O=CCCSc1nnc(-c2ccc(Cl)cc2)o1. The fraction of sp³-hybridized carbons (Fsp3) is 0.182. The maximum Gasteiger partial charge on any atom is 0.276 e. The normalized spacial score (nSPS) is 10.4. The van der Waals surface area contributed by atoms with Crippen LogP contribution in [0.15, 0.2) is 33.9 Å². The Hall–Kier alpha value is -1.33. The molecule has 0 unspecified atom stereocenters. The minimum absolute atomic E-state index is 0.454. The van der Waals surface area contributed by atoms with E-state index in [1.807, 2.05) is 12.1 Å². The second-order valence-corrected chi connectivity index (χ2v) is 4.67. The summed E-state index contributed by atoms with van der Waals surface area (Å²) in [6.07, 6.45) is 1.34. The average Bonchev–Trinajstić information content (AvgIpc) is 2.79. The number of benzene rings is 1. The van der Waals surface area contributed by atoms with E-state index < -0.39 is 0 Å². The molecule has 6 heteroatoms. The van der Waals surface area contributed by atoms with Gasteiger partial charge in [-0.05, 0) is 24.3 Å². The number of carbonyl (C=O) groups excluding carboxylic acids is 1. The maximum absolute atomic E-state index is 10.2. The van der Waals surface area contributed by atoms with Crippen LogP contribution >= 0.6 is 23.4 Å². The third-order valence-corrected chi connectivity index (χ3v) is 3.06. The maximum atomic E-state index is 10.2. The number of hydrogen-bond acceptors (Lipinski definition) is 5. The van der Waals surface area contributed by atoms with Gasteiger partial charge in [-0.1, -0.05) is 23.4 Å². The molecule has 0 radical (unpaired) electrons. The summed E-state index contributed by atoms with van der Waals surface area (Å²) in [7, 11) is 0. The van der Waals surface area contributed by atoms with E-state index in [2.05, 4.69) is 10.2 Å². The molecule has 0 aliphatic rings. The van der Waals surface area contributed by atoms with Crippen molar-refractivity contribution in [1.82, 2.24) is 10.2 Å². The van der Waals surface area contributed by atoms with Gasteiger partial charge in [0.05, 0.1) is 0 Å². The highest BCUT2D eigenvalue weighted by Crippen LogP contribution is 2.24. The Morgan fingerprint density at radius 2 is 2.06 bits per heavy atom. The van der Waals surface area contributed by atoms with Crippen LogP contribution in [-0.2, 0) is 4.79 Å². The second-order valence-electron chi connectivity index (χ2n) is 3.18. The van der Waals surface area contributed by atoms with Gasteiger partial charge in [-0.25, -0.2) is 0 Å². The lowest BCUT2D eigenvalue weighted by Crippen LogP contribution is -1.80. The molecule has 88 valence electrons. The fourth-order valence-corrected chi connectivity index (χ4v) is 1.92. The molecule has 1 heterocycles. The van der Waals surface area contributed by atoms with Gasteiger partial charge in [0, 0.05) is 22.8 Å². The summed E-state index contributed by atoms with van der Waals surface area (Å²) in [5.74, 6) is 1.10. The van der Waals surface area contributed by atoms with E-state index in [-0.39, 0.29) is 0 Å². The monoisotopic (exact) mass is 268 g/mol. The summed E-state index contributed by atoms with van der Waals surface area (Å²) in [6.45, 7) is 0. The van der Waals surface area contributed by atoms with Gasteiger partial charge in [0.25, 0.3) is 5.22 Å². The van der Waals surface area contributed by atoms with Crippen molar-refractivity contribution in [3.8, 4) is 11.5 Å². The van der Waals surface area contributed by atoms with Crippen LogP contribution in [0.3, 0.4) is 0 Å². The Labute approximate surface area is 107 Å². The van der Waals surface area contributed by atoms with Crippen LogP contribution < -0.4 is 0 Å². The first-order valence-electron chi connectivity index (χ1n) is 4.95. The molecule has 1 aromatic carbocycles. The van der Waals surface area contributed by atoms with Crippen molar-refractivity contribution in [3.05, 3.63) is 29.3 Å². The van der Waals surface area contributed by atoms with Gasteiger partial charge in [0.15, 0.2) is 0 Å². The van der Waals surface area contributed by atoms with Crippen LogP contribution in [0.4, 0.5) is 0 Å². The zero-order chi connectivity index (χ0) is 12.1. The molecule has 0 fully saturated rings. The van der Waals surface area contributed by atoms with Gasteiger partial charge >= 0.3 is 0 Å². The average molecular weight is 269 g/mol. The molecule has 0 N–H and O–H groups in total. The van der Waals surface area contributed by atoms with Crippen LogP contribution in [0, 0.1) is 0 Å². The van der Waals surface area contributed by atoms with Crippen LogP contribution in [0.5, 0.6) is 0 Å². The van der Waals surface area contributed by atoms with E-state index in [0.29, 0.717) is 28.3 Å². The van der Waals surface area contributed by atoms with Crippen molar-refractivity contribution in [1.29, 1.82) is 0 Å². The topological polar surface area (TPSA) is 56.0 Å². The first kappa shape index (κ1) is 12.1. The zero-order valence-electron chi connectivity index (χ0n) is 8.80. The highest BCUT2D eigenvalue weighted by atomic mass is 35.5. The molecule has 2 rings (SSSR count). The largest absolute Gasteiger partial charge is 0.411 e. The number of thioether (sulfide) groups is 1. The molecule has 1 aromatic heterocycles. The lowest BCUT2D eigenvalue weighted by molar-refractivity contribution is -0.107. The summed E-state index contributed by atoms with van der Waals surface area (Å²) < 4.78 is 5.44. The molecule has 0 spiro atoms. The smallest absolute Gasteiger partial charge is 0.276 e. The molecule has 17 heavy (non-hydrogen) atoms. The molecule has 0 aliphatic carbocycles. The Balaban J connectivity index is 2.07. The van der Waals surface area contributed by atoms with Gasteiger partial charge in [0.2, 0.25) is 5.89 Å². The molecule has 2 aromatic rings. The molecule has 0 amide bonds. The van der Waals surface area contributed by atoms with Crippen molar-refractivity contribution in [2.75, 3.05) is 5.75 Å². The molecular weight excluding hydrogens is 260 g/mol. The lowest BCUT2D eigenvalue weighted by atomic mass is 10.2. The van der Waals surface area contributed by atoms with Crippen molar-refractivity contribution in [3.63, 3.8) is 0 Å². The number of rotatable bonds is 5. The summed E-state index contributed by atoms with van der Waals surface area (Å²) in [4.78, 5) is 10.2. The zero-order valence-corrected chi connectivity index (χ0v) is 10.4. The molecule has 0 saturated heterocycles. The van der Waals surface area contributed by atoms with Crippen LogP contribution in [0.1, 0.15) is 6.42 Å². The number of hydrogen-bond donors (Lipinski definition) is 0. The third-order valence-electron chi connectivity index (χ3n) is 1.96. The van der Waals surface area contributed by atoms with Crippen molar-refractivity contribution < 1.29 is 9.21 Å². The van der Waals surface area contributed by atoms with E-state index in [0.717, 1.165) is 11.8 Å². The lowest BCUT2D eigenvalue weighted by Gasteiger charge is -1.94. The van der Waals surface area contributed by atoms with Crippen molar-refractivity contribution in [2.24, 2.45) is 0 Å². The second kappa shape index (κ2) is 5.84. The Kier molecular flexibility index (Phi) is 4.17. The van der Waals surface area contributed by atoms with Gasteiger partial charge in [-0.2, -0.15) is 0 Å². The molecule has 0 atom stereocenters. The van der Waals surface area contributed by atoms with Gasteiger partial charge in [0.1, 0.15) is 6.29 Å². The minimum Gasteiger partial charge on any atom is -0.411 e. The van der Waals surface area contributed by atoms with Crippen LogP contribution in [0.25, 0.3) is 11.5 Å². The Morgan fingerprint density at radius 3 is 2.76 bits per heavy atom. The highest BCUT2D eigenvalue weighted by Gasteiger charge is 2.08. The predicted octanol–water partition coefficient (Wildman–Crippen LogP) is 3.07. The van der Waals surface area contributed by atoms with Crippen LogP contribution in [-0.4, -0.2) is 22.2 Å². The van der Waals surface area contributed by atoms with E-state index >= 15 is 0 Å². The summed E-state index contributed by atoms with van der Waals surface area (Å²) in [5.41, 5.74) is 0.823. The van der Waals surface area contributed by atoms with Crippen molar-refractivity contribution in [2.45, 2.75) is 11.6 Å². The predicted molar refractivity (Wildman–Crippen MR) is 66.1 cm³/mol. The van der Waals surface area contributed by atoms with Gasteiger partial charge in [-0.15, -0.1) is 10.2 Å². The summed E-state index contributed by atoms with van der Waals surface area (Å²) in [5, 5.41) is 8.94. The number of aldehydes is 1. The van der Waals surface area contributed by atoms with Gasteiger partial charge in [-0.3, -0.25) is 0 Å². The number of carbonyl (C=O) groups is 1.